The summed E-state index contributed by atoms with van der Waals surface area (Å²) in [5.74, 6) is 1.36. The van der Waals surface area contributed by atoms with Crippen molar-refractivity contribution in [1.29, 1.82) is 0 Å². The normalized spacial score (nSPS) is 13.5. The van der Waals surface area contributed by atoms with Crippen LogP contribution in [-0.4, -0.2) is 15.0 Å². The lowest BCUT2D eigenvalue weighted by Gasteiger charge is -2.08. The van der Waals surface area contributed by atoms with E-state index in [1.54, 1.807) is 18.6 Å². The van der Waals surface area contributed by atoms with Crippen molar-refractivity contribution in [3.8, 4) is 0 Å². The summed E-state index contributed by atoms with van der Waals surface area (Å²) in [7, 11) is 0. The minimum Gasteiger partial charge on any atom is -0.353 e. The van der Waals surface area contributed by atoms with Crippen molar-refractivity contribution in [2.24, 2.45) is 0 Å². The van der Waals surface area contributed by atoms with Crippen LogP contribution < -0.4 is 10.6 Å². The highest BCUT2D eigenvalue weighted by molar-refractivity contribution is 5.59. The first-order valence-electron chi connectivity index (χ1n) is 8.15. The maximum absolute atomic E-state index is 4.36. The molecule has 0 saturated heterocycles. The summed E-state index contributed by atoms with van der Waals surface area (Å²) >= 11 is 0. The van der Waals surface area contributed by atoms with Gasteiger partial charge in [-0.15, -0.1) is 0 Å². The largest absolute Gasteiger partial charge is 0.353 e. The van der Waals surface area contributed by atoms with Gasteiger partial charge in [0.05, 0.1) is 18.1 Å². The van der Waals surface area contributed by atoms with Gasteiger partial charge in [-0.05, 0) is 55.5 Å². The summed E-state index contributed by atoms with van der Waals surface area (Å²) in [4.78, 5) is 12.9. The number of aryl methyl sites for hydroxylation is 1. The molecular formula is C19H19N5. The van der Waals surface area contributed by atoms with Crippen molar-refractivity contribution >= 4 is 23.0 Å². The fourth-order valence-corrected chi connectivity index (χ4v) is 2.63. The van der Waals surface area contributed by atoms with Gasteiger partial charge in [0.25, 0.3) is 0 Å². The third-order valence-corrected chi connectivity index (χ3v) is 4.05. The summed E-state index contributed by atoms with van der Waals surface area (Å²) < 4.78 is 0. The van der Waals surface area contributed by atoms with E-state index in [9.17, 15) is 0 Å². The Bertz CT molecular complexity index is 823. The summed E-state index contributed by atoms with van der Waals surface area (Å²) in [6, 6.07) is 12.4. The molecule has 0 bridgehead atoms. The number of aromatic nitrogens is 3. The summed E-state index contributed by atoms with van der Waals surface area (Å²) in [5.41, 5.74) is 5.21. The Balaban J connectivity index is 1.41. The van der Waals surface area contributed by atoms with Crippen molar-refractivity contribution < 1.29 is 0 Å². The predicted octanol–water partition coefficient (Wildman–Crippen LogP) is 4.54. The van der Waals surface area contributed by atoms with E-state index < -0.39 is 0 Å². The van der Waals surface area contributed by atoms with Gasteiger partial charge in [0.1, 0.15) is 0 Å². The maximum Gasteiger partial charge on any atom is 0.227 e. The lowest BCUT2D eigenvalue weighted by molar-refractivity contribution is 1.13. The van der Waals surface area contributed by atoms with E-state index in [2.05, 4.69) is 49.9 Å². The van der Waals surface area contributed by atoms with Gasteiger partial charge >= 0.3 is 0 Å². The van der Waals surface area contributed by atoms with E-state index in [0.717, 1.165) is 28.7 Å². The number of anilines is 4. The van der Waals surface area contributed by atoms with Crippen LogP contribution in [-0.2, 0) is 0 Å². The zero-order valence-corrected chi connectivity index (χ0v) is 13.5. The molecule has 0 atom stereocenters. The fraction of sp³-hybridized carbons (Fsp3) is 0.211. The number of nitrogens with zero attached hydrogens (tertiary/aromatic N) is 3. The van der Waals surface area contributed by atoms with E-state index in [4.69, 9.17) is 0 Å². The molecule has 3 aromatic rings. The predicted molar refractivity (Wildman–Crippen MR) is 96.0 cm³/mol. The molecule has 1 aromatic carbocycles. The van der Waals surface area contributed by atoms with Gasteiger partial charge in [0, 0.05) is 23.3 Å². The van der Waals surface area contributed by atoms with Crippen molar-refractivity contribution in [2.45, 2.75) is 25.7 Å². The highest BCUT2D eigenvalue weighted by atomic mass is 15.1. The maximum atomic E-state index is 4.36. The van der Waals surface area contributed by atoms with Crippen LogP contribution >= 0.6 is 0 Å². The van der Waals surface area contributed by atoms with Gasteiger partial charge in [-0.2, -0.15) is 0 Å². The molecule has 0 amide bonds. The van der Waals surface area contributed by atoms with Gasteiger partial charge in [0.15, 0.2) is 0 Å². The lowest BCUT2D eigenvalue weighted by atomic mass is 10.1. The number of nitrogens with one attached hydrogen (secondary N) is 2. The van der Waals surface area contributed by atoms with Crippen LogP contribution in [0.1, 0.15) is 30.0 Å². The zero-order chi connectivity index (χ0) is 16.4. The van der Waals surface area contributed by atoms with E-state index >= 15 is 0 Å². The van der Waals surface area contributed by atoms with Crippen molar-refractivity contribution in [3.63, 3.8) is 0 Å². The van der Waals surface area contributed by atoms with Crippen LogP contribution in [0.2, 0.25) is 0 Å². The Labute approximate surface area is 141 Å². The standard InChI is InChI=1S/C19H19N5/c1-13-10-17(8-9-20-13)23-18-11-21-19(22-12-18)24-16-6-4-15(5-7-16)14-2-3-14/h4-12,14H,2-3H2,1H3,(H,20,23)(H,21,22,24). The zero-order valence-electron chi connectivity index (χ0n) is 13.5. The number of benzene rings is 1. The highest BCUT2D eigenvalue weighted by Gasteiger charge is 2.22. The molecule has 1 aliphatic carbocycles. The average molecular weight is 317 g/mol. The molecule has 1 saturated carbocycles. The second kappa shape index (κ2) is 6.28. The first kappa shape index (κ1) is 14.6. The molecular weight excluding hydrogens is 298 g/mol. The molecule has 120 valence electrons. The molecule has 0 spiro atoms. The third kappa shape index (κ3) is 3.51. The molecule has 0 radical (unpaired) electrons. The number of rotatable bonds is 5. The molecule has 2 heterocycles. The number of hydrogen-bond donors (Lipinski definition) is 2. The summed E-state index contributed by atoms with van der Waals surface area (Å²) in [6.45, 7) is 1.96. The van der Waals surface area contributed by atoms with Crippen LogP contribution in [0, 0.1) is 6.92 Å². The number of hydrogen-bond acceptors (Lipinski definition) is 5. The first-order valence-corrected chi connectivity index (χ1v) is 8.15. The van der Waals surface area contributed by atoms with Crippen LogP contribution in [0.5, 0.6) is 0 Å². The first-order chi connectivity index (χ1) is 11.8. The quantitative estimate of drug-likeness (QED) is 0.723. The van der Waals surface area contributed by atoms with Crippen molar-refractivity contribution in [1.82, 2.24) is 15.0 Å². The van der Waals surface area contributed by atoms with Gasteiger partial charge in [-0.3, -0.25) is 4.98 Å². The van der Waals surface area contributed by atoms with Crippen LogP contribution in [0.3, 0.4) is 0 Å². The SMILES string of the molecule is Cc1cc(Nc2cnc(Nc3ccc(C4CC4)cc3)nc2)ccn1. The monoisotopic (exact) mass is 317 g/mol. The molecule has 1 fully saturated rings. The minimum atomic E-state index is 0.589. The van der Waals surface area contributed by atoms with Gasteiger partial charge in [-0.25, -0.2) is 9.97 Å². The fourth-order valence-electron chi connectivity index (χ4n) is 2.63. The summed E-state index contributed by atoms with van der Waals surface area (Å²) in [6.07, 6.45) is 7.95. The molecule has 2 aromatic heterocycles. The Hall–Kier alpha value is -2.95. The van der Waals surface area contributed by atoms with E-state index in [-0.39, 0.29) is 0 Å². The molecule has 4 rings (SSSR count). The lowest BCUT2D eigenvalue weighted by Crippen LogP contribution is -1.99. The van der Waals surface area contributed by atoms with Crippen molar-refractivity contribution in [3.05, 3.63) is 66.2 Å². The summed E-state index contributed by atoms with van der Waals surface area (Å²) in [5, 5.41) is 6.50. The molecule has 2 N–H and O–H groups in total. The third-order valence-electron chi connectivity index (χ3n) is 4.05. The van der Waals surface area contributed by atoms with Crippen molar-refractivity contribution in [2.75, 3.05) is 10.6 Å². The second-order valence-electron chi connectivity index (χ2n) is 6.13. The smallest absolute Gasteiger partial charge is 0.227 e. The number of pyridine rings is 1. The highest BCUT2D eigenvalue weighted by Crippen LogP contribution is 2.40. The average Bonchev–Trinajstić information content (AvgIpc) is 3.43. The van der Waals surface area contributed by atoms with Crippen LogP contribution in [0.25, 0.3) is 0 Å². The molecule has 5 nitrogen and oxygen atoms in total. The topological polar surface area (TPSA) is 62.7 Å². The van der Waals surface area contributed by atoms with E-state index in [1.807, 2.05) is 19.1 Å². The molecule has 24 heavy (non-hydrogen) atoms. The van der Waals surface area contributed by atoms with Crippen LogP contribution in [0.15, 0.2) is 55.0 Å². The Morgan fingerprint density at radius 2 is 1.58 bits per heavy atom. The van der Waals surface area contributed by atoms with E-state index in [0.29, 0.717) is 5.95 Å². The van der Waals surface area contributed by atoms with Gasteiger partial charge in [0.2, 0.25) is 5.95 Å². The molecule has 0 aliphatic heterocycles. The molecule has 1 aliphatic rings. The van der Waals surface area contributed by atoms with E-state index in [1.165, 1.54) is 18.4 Å². The molecule has 5 heteroatoms. The van der Waals surface area contributed by atoms with Crippen LogP contribution in [0.4, 0.5) is 23.0 Å². The van der Waals surface area contributed by atoms with Gasteiger partial charge in [-0.1, -0.05) is 12.1 Å². The Kier molecular flexibility index (Phi) is 3.83. The Morgan fingerprint density at radius 1 is 0.833 bits per heavy atom. The molecule has 0 unspecified atom stereocenters. The minimum absolute atomic E-state index is 0.589. The second-order valence-corrected chi connectivity index (χ2v) is 6.13. The van der Waals surface area contributed by atoms with Gasteiger partial charge < -0.3 is 10.6 Å². The Morgan fingerprint density at radius 3 is 2.25 bits per heavy atom.